The molecule has 0 aliphatic rings. The molecule has 0 fully saturated rings. The summed E-state index contributed by atoms with van der Waals surface area (Å²) in [5, 5.41) is 0. The van der Waals surface area contributed by atoms with E-state index >= 15 is 0 Å². The van der Waals surface area contributed by atoms with E-state index in [0.717, 1.165) is 6.42 Å². The van der Waals surface area contributed by atoms with E-state index in [1.807, 2.05) is 6.92 Å². The average molecular weight is 207 g/mol. The SMILES string of the molecule is COC(C)CC(N)c1cccc(C)c1C. The zero-order chi connectivity index (χ0) is 11.4. The standard InChI is InChI=1S/C13H21NO/c1-9-6-5-7-12(11(9)3)13(14)8-10(2)15-4/h5-7,10,13H,8,14H2,1-4H3. The molecule has 2 unspecified atom stereocenters. The zero-order valence-corrected chi connectivity index (χ0v) is 10.1. The molecule has 0 aliphatic heterocycles. The Balaban J connectivity index is 2.82. The minimum atomic E-state index is 0.0693. The molecule has 0 aliphatic carbocycles. The minimum Gasteiger partial charge on any atom is -0.382 e. The van der Waals surface area contributed by atoms with Crippen LogP contribution in [-0.4, -0.2) is 13.2 Å². The third-order valence-corrected chi connectivity index (χ3v) is 3.03. The van der Waals surface area contributed by atoms with Crippen molar-refractivity contribution in [3.8, 4) is 0 Å². The second-order valence-electron chi connectivity index (χ2n) is 4.18. The van der Waals surface area contributed by atoms with Gasteiger partial charge in [0.05, 0.1) is 6.10 Å². The van der Waals surface area contributed by atoms with Crippen molar-refractivity contribution in [2.75, 3.05) is 7.11 Å². The van der Waals surface area contributed by atoms with Crippen LogP contribution in [0.15, 0.2) is 18.2 Å². The first-order valence-corrected chi connectivity index (χ1v) is 5.40. The maximum absolute atomic E-state index is 6.16. The smallest absolute Gasteiger partial charge is 0.0561 e. The van der Waals surface area contributed by atoms with Gasteiger partial charge in [-0.25, -0.2) is 0 Å². The van der Waals surface area contributed by atoms with Crippen LogP contribution in [0.5, 0.6) is 0 Å². The summed E-state index contributed by atoms with van der Waals surface area (Å²) < 4.78 is 5.23. The molecule has 0 bridgehead atoms. The summed E-state index contributed by atoms with van der Waals surface area (Å²) in [7, 11) is 1.72. The number of nitrogens with two attached hydrogens (primary N) is 1. The Labute approximate surface area is 92.4 Å². The minimum absolute atomic E-state index is 0.0693. The number of methoxy groups -OCH3 is 1. The Hall–Kier alpha value is -0.860. The van der Waals surface area contributed by atoms with E-state index in [1.165, 1.54) is 16.7 Å². The van der Waals surface area contributed by atoms with E-state index in [0.29, 0.717) is 0 Å². The van der Waals surface area contributed by atoms with E-state index in [1.54, 1.807) is 7.11 Å². The van der Waals surface area contributed by atoms with Crippen molar-refractivity contribution in [2.24, 2.45) is 5.73 Å². The van der Waals surface area contributed by atoms with Crippen LogP contribution in [0.1, 0.15) is 36.1 Å². The average Bonchev–Trinajstić information content (AvgIpc) is 2.21. The van der Waals surface area contributed by atoms with Gasteiger partial charge in [-0.3, -0.25) is 0 Å². The maximum atomic E-state index is 6.16. The van der Waals surface area contributed by atoms with E-state index in [2.05, 4.69) is 32.0 Å². The molecule has 1 aromatic rings. The van der Waals surface area contributed by atoms with Crippen LogP contribution in [0, 0.1) is 13.8 Å². The van der Waals surface area contributed by atoms with Gasteiger partial charge in [0.25, 0.3) is 0 Å². The summed E-state index contributed by atoms with van der Waals surface area (Å²) in [5.74, 6) is 0. The molecular formula is C13H21NO. The molecule has 1 aromatic carbocycles. The molecule has 2 nitrogen and oxygen atoms in total. The molecule has 0 saturated carbocycles. The summed E-state index contributed by atoms with van der Waals surface area (Å²) in [5.41, 5.74) is 9.99. The molecule has 2 N–H and O–H groups in total. The Bertz CT molecular complexity index is 322. The van der Waals surface area contributed by atoms with Crippen LogP contribution in [0.25, 0.3) is 0 Å². The van der Waals surface area contributed by atoms with Gasteiger partial charge in [0, 0.05) is 13.2 Å². The van der Waals surface area contributed by atoms with E-state index < -0.39 is 0 Å². The van der Waals surface area contributed by atoms with Crippen LogP contribution in [0.4, 0.5) is 0 Å². The van der Waals surface area contributed by atoms with Gasteiger partial charge >= 0.3 is 0 Å². The normalized spacial score (nSPS) is 15.0. The number of benzene rings is 1. The molecule has 0 heterocycles. The van der Waals surface area contributed by atoms with Gasteiger partial charge in [-0.1, -0.05) is 18.2 Å². The summed E-state index contributed by atoms with van der Waals surface area (Å²) in [6.45, 7) is 6.29. The Kier molecular flexibility index (Phi) is 4.30. The van der Waals surface area contributed by atoms with Gasteiger partial charge in [0.15, 0.2) is 0 Å². The molecule has 0 radical (unpaired) electrons. The van der Waals surface area contributed by atoms with Crippen LogP contribution >= 0.6 is 0 Å². The molecular weight excluding hydrogens is 186 g/mol. The van der Waals surface area contributed by atoms with Crippen molar-refractivity contribution in [1.82, 2.24) is 0 Å². The molecule has 2 atom stereocenters. The van der Waals surface area contributed by atoms with E-state index in [4.69, 9.17) is 10.5 Å². The molecule has 84 valence electrons. The monoisotopic (exact) mass is 207 g/mol. The first-order chi connectivity index (χ1) is 7.06. The van der Waals surface area contributed by atoms with Gasteiger partial charge in [-0.2, -0.15) is 0 Å². The lowest BCUT2D eigenvalue weighted by Gasteiger charge is -2.19. The lowest BCUT2D eigenvalue weighted by molar-refractivity contribution is 0.104. The second kappa shape index (κ2) is 5.29. The van der Waals surface area contributed by atoms with Crippen molar-refractivity contribution in [1.29, 1.82) is 0 Å². The van der Waals surface area contributed by atoms with Gasteiger partial charge < -0.3 is 10.5 Å². The highest BCUT2D eigenvalue weighted by molar-refractivity contribution is 5.35. The van der Waals surface area contributed by atoms with Crippen molar-refractivity contribution in [3.05, 3.63) is 34.9 Å². The summed E-state index contributed by atoms with van der Waals surface area (Å²) in [6.07, 6.45) is 1.07. The van der Waals surface area contributed by atoms with Crippen LogP contribution in [-0.2, 0) is 4.74 Å². The van der Waals surface area contributed by atoms with Gasteiger partial charge in [-0.05, 0) is 43.9 Å². The highest BCUT2D eigenvalue weighted by Crippen LogP contribution is 2.22. The lowest BCUT2D eigenvalue weighted by Crippen LogP contribution is -2.19. The highest BCUT2D eigenvalue weighted by Gasteiger charge is 2.13. The Morgan fingerprint density at radius 1 is 1.33 bits per heavy atom. The van der Waals surface area contributed by atoms with Crippen LogP contribution in [0.2, 0.25) is 0 Å². The third kappa shape index (κ3) is 3.05. The first kappa shape index (κ1) is 12.2. The summed E-state index contributed by atoms with van der Waals surface area (Å²) in [6, 6.07) is 6.36. The first-order valence-electron chi connectivity index (χ1n) is 5.40. The maximum Gasteiger partial charge on any atom is 0.0561 e. The largest absolute Gasteiger partial charge is 0.382 e. The molecule has 1 rings (SSSR count). The molecule has 15 heavy (non-hydrogen) atoms. The number of aryl methyl sites for hydroxylation is 1. The predicted molar refractivity (Wildman–Crippen MR) is 63.9 cm³/mol. The molecule has 0 spiro atoms. The summed E-state index contributed by atoms with van der Waals surface area (Å²) >= 11 is 0. The quantitative estimate of drug-likeness (QED) is 0.824. The highest BCUT2D eigenvalue weighted by atomic mass is 16.5. The van der Waals surface area contributed by atoms with Crippen molar-refractivity contribution in [2.45, 2.75) is 39.3 Å². The van der Waals surface area contributed by atoms with E-state index in [-0.39, 0.29) is 12.1 Å². The topological polar surface area (TPSA) is 35.2 Å². The van der Waals surface area contributed by atoms with Crippen molar-refractivity contribution < 1.29 is 4.74 Å². The fourth-order valence-electron chi connectivity index (χ4n) is 1.76. The van der Waals surface area contributed by atoms with Crippen molar-refractivity contribution in [3.63, 3.8) is 0 Å². The Morgan fingerprint density at radius 2 is 2.00 bits per heavy atom. The summed E-state index contributed by atoms with van der Waals surface area (Å²) in [4.78, 5) is 0. The van der Waals surface area contributed by atoms with Crippen molar-refractivity contribution >= 4 is 0 Å². The predicted octanol–water partition coefficient (Wildman–Crippen LogP) is 2.73. The number of hydrogen-bond acceptors (Lipinski definition) is 2. The number of hydrogen-bond donors (Lipinski definition) is 1. The van der Waals surface area contributed by atoms with Crippen LogP contribution < -0.4 is 5.73 Å². The number of ether oxygens (including phenoxy) is 1. The molecule has 2 heteroatoms. The molecule has 0 saturated heterocycles. The lowest BCUT2D eigenvalue weighted by atomic mass is 9.95. The molecule has 0 aromatic heterocycles. The zero-order valence-electron chi connectivity index (χ0n) is 10.1. The van der Waals surface area contributed by atoms with Crippen LogP contribution in [0.3, 0.4) is 0 Å². The molecule has 0 amide bonds. The van der Waals surface area contributed by atoms with Gasteiger partial charge in [0.2, 0.25) is 0 Å². The Morgan fingerprint density at radius 3 is 2.60 bits per heavy atom. The van der Waals surface area contributed by atoms with E-state index in [9.17, 15) is 0 Å². The fourth-order valence-corrected chi connectivity index (χ4v) is 1.76. The fraction of sp³-hybridized carbons (Fsp3) is 0.538. The van der Waals surface area contributed by atoms with Gasteiger partial charge in [-0.15, -0.1) is 0 Å². The van der Waals surface area contributed by atoms with Gasteiger partial charge in [0.1, 0.15) is 0 Å². The second-order valence-corrected chi connectivity index (χ2v) is 4.18. The number of rotatable bonds is 4. The third-order valence-electron chi connectivity index (χ3n) is 3.03.